The summed E-state index contributed by atoms with van der Waals surface area (Å²) in [4.78, 5) is 4.26. The zero-order valence-electron chi connectivity index (χ0n) is 10.4. The topological polar surface area (TPSA) is 42.2 Å². The van der Waals surface area contributed by atoms with E-state index < -0.39 is 0 Å². The molecule has 0 saturated carbocycles. The van der Waals surface area contributed by atoms with Crippen LogP contribution in [0, 0.1) is 5.82 Å². The molecule has 0 amide bonds. The minimum absolute atomic E-state index is 0.309. The van der Waals surface area contributed by atoms with Gasteiger partial charge in [-0.2, -0.15) is 16.7 Å². The van der Waals surface area contributed by atoms with Gasteiger partial charge in [-0.15, -0.1) is 5.10 Å². The van der Waals surface area contributed by atoms with Crippen LogP contribution in [0.25, 0.3) is 5.65 Å². The Morgan fingerprint density at radius 1 is 1.33 bits per heavy atom. The Labute approximate surface area is 110 Å². The molecule has 2 aromatic rings. The molecule has 6 heteroatoms. The zero-order valence-corrected chi connectivity index (χ0v) is 11.2. The third-order valence-corrected chi connectivity index (χ3v) is 3.30. The number of unbranched alkanes of at least 4 members (excludes halogenated alkanes) is 2. The van der Waals surface area contributed by atoms with Gasteiger partial charge in [0.15, 0.2) is 5.65 Å². The highest BCUT2D eigenvalue weighted by Crippen LogP contribution is 2.07. The van der Waals surface area contributed by atoms with Crippen LogP contribution in [0.3, 0.4) is 0 Å². The van der Waals surface area contributed by atoms with Gasteiger partial charge < -0.3 is 5.32 Å². The van der Waals surface area contributed by atoms with Crippen LogP contribution in [-0.4, -0.2) is 33.2 Å². The predicted octanol–water partition coefficient (Wildman–Crippen LogP) is 2.81. The lowest BCUT2D eigenvalue weighted by molar-refractivity contribution is 0.614. The second kappa shape index (κ2) is 6.58. The maximum Gasteiger partial charge on any atom is 0.243 e. The largest absolute Gasteiger partial charge is 0.353 e. The number of hydrogen-bond donors (Lipinski definition) is 1. The molecule has 0 saturated heterocycles. The van der Waals surface area contributed by atoms with Crippen molar-refractivity contribution in [3.05, 3.63) is 24.1 Å². The molecule has 0 bridgehead atoms. The SMILES string of the molecule is CSCCCCCNc1nc2ccc(F)cn2n1. The molecule has 2 aromatic heterocycles. The fourth-order valence-corrected chi connectivity index (χ4v) is 2.17. The first kappa shape index (κ1) is 13.1. The van der Waals surface area contributed by atoms with Gasteiger partial charge in [0.2, 0.25) is 5.95 Å². The van der Waals surface area contributed by atoms with Gasteiger partial charge in [-0.05, 0) is 37.0 Å². The van der Waals surface area contributed by atoms with E-state index in [4.69, 9.17) is 0 Å². The summed E-state index contributed by atoms with van der Waals surface area (Å²) < 4.78 is 14.4. The molecule has 0 unspecified atom stereocenters. The number of rotatable bonds is 7. The number of pyridine rings is 1. The molecule has 0 fully saturated rings. The van der Waals surface area contributed by atoms with Crippen LogP contribution in [0.2, 0.25) is 0 Å². The minimum atomic E-state index is -0.309. The van der Waals surface area contributed by atoms with E-state index in [-0.39, 0.29) is 5.82 Å². The van der Waals surface area contributed by atoms with E-state index in [1.807, 2.05) is 11.8 Å². The molecule has 2 heterocycles. The molecule has 0 aliphatic rings. The molecule has 0 aliphatic heterocycles. The maximum atomic E-state index is 13.0. The van der Waals surface area contributed by atoms with Crippen molar-refractivity contribution in [2.45, 2.75) is 19.3 Å². The van der Waals surface area contributed by atoms with Crippen molar-refractivity contribution in [2.75, 3.05) is 23.9 Å². The second-order valence-electron chi connectivity index (χ2n) is 4.07. The molecule has 4 nitrogen and oxygen atoms in total. The van der Waals surface area contributed by atoms with Crippen molar-refractivity contribution in [1.82, 2.24) is 14.6 Å². The fraction of sp³-hybridized carbons (Fsp3) is 0.500. The average molecular weight is 268 g/mol. The Morgan fingerprint density at radius 3 is 3.06 bits per heavy atom. The summed E-state index contributed by atoms with van der Waals surface area (Å²) in [5, 5.41) is 7.32. The normalized spacial score (nSPS) is 11.0. The van der Waals surface area contributed by atoms with Crippen LogP contribution in [0.15, 0.2) is 18.3 Å². The monoisotopic (exact) mass is 268 g/mol. The van der Waals surface area contributed by atoms with E-state index >= 15 is 0 Å². The smallest absolute Gasteiger partial charge is 0.243 e. The lowest BCUT2D eigenvalue weighted by Crippen LogP contribution is -2.03. The number of halogens is 1. The highest BCUT2D eigenvalue weighted by Gasteiger charge is 2.03. The van der Waals surface area contributed by atoms with E-state index in [2.05, 4.69) is 21.7 Å². The number of anilines is 1. The Morgan fingerprint density at radius 2 is 2.22 bits per heavy atom. The number of nitrogens with one attached hydrogen (secondary N) is 1. The van der Waals surface area contributed by atoms with Gasteiger partial charge in [0.05, 0.1) is 6.20 Å². The zero-order chi connectivity index (χ0) is 12.8. The number of fused-ring (bicyclic) bond motifs is 1. The van der Waals surface area contributed by atoms with Crippen LogP contribution in [0.5, 0.6) is 0 Å². The number of aromatic nitrogens is 3. The molecule has 98 valence electrons. The van der Waals surface area contributed by atoms with Gasteiger partial charge in [-0.1, -0.05) is 6.42 Å². The van der Waals surface area contributed by atoms with Gasteiger partial charge >= 0.3 is 0 Å². The third kappa shape index (κ3) is 3.60. The number of nitrogens with zero attached hydrogens (tertiary/aromatic N) is 3. The lowest BCUT2D eigenvalue weighted by Gasteiger charge is -2.00. The van der Waals surface area contributed by atoms with Crippen LogP contribution in [0.4, 0.5) is 10.3 Å². The Balaban J connectivity index is 1.81. The molecule has 0 radical (unpaired) electrons. The van der Waals surface area contributed by atoms with Crippen molar-refractivity contribution < 1.29 is 4.39 Å². The van der Waals surface area contributed by atoms with E-state index in [9.17, 15) is 4.39 Å². The summed E-state index contributed by atoms with van der Waals surface area (Å²) in [6.45, 7) is 0.855. The van der Waals surface area contributed by atoms with Crippen molar-refractivity contribution >= 4 is 23.4 Å². The third-order valence-electron chi connectivity index (χ3n) is 2.60. The molecular weight excluding hydrogens is 251 g/mol. The van der Waals surface area contributed by atoms with E-state index in [1.54, 1.807) is 6.07 Å². The second-order valence-corrected chi connectivity index (χ2v) is 5.05. The van der Waals surface area contributed by atoms with Crippen LogP contribution >= 0.6 is 11.8 Å². The quantitative estimate of drug-likeness (QED) is 0.784. The minimum Gasteiger partial charge on any atom is -0.353 e. The number of hydrogen-bond acceptors (Lipinski definition) is 4. The first-order valence-electron chi connectivity index (χ1n) is 6.04. The van der Waals surface area contributed by atoms with Gasteiger partial charge in [0, 0.05) is 6.54 Å². The summed E-state index contributed by atoms with van der Waals surface area (Å²) in [6.07, 6.45) is 7.00. The van der Waals surface area contributed by atoms with Crippen molar-refractivity contribution in [2.24, 2.45) is 0 Å². The van der Waals surface area contributed by atoms with Crippen LogP contribution < -0.4 is 5.32 Å². The molecule has 0 spiro atoms. The summed E-state index contributed by atoms with van der Waals surface area (Å²) >= 11 is 1.88. The van der Waals surface area contributed by atoms with Crippen molar-refractivity contribution in [1.29, 1.82) is 0 Å². The first-order valence-corrected chi connectivity index (χ1v) is 7.44. The molecule has 2 rings (SSSR count). The molecule has 0 aliphatic carbocycles. The molecular formula is C12H17FN4S. The Kier molecular flexibility index (Phi) is 4.81. The summed E-state index contributed by atoms with van der Waals surface area (Å²) in [6, 6.07) is 3.00. The van der Waals surface area contributed by atoms with Crippen molar-refractivity contribution in [3.63, 3.8) is 0 Å². The van der Waals surface area contributed by atoms with E-state index in [0.717, 1.165) is 13.0 Å². The standard InChI is InChI=1S/C12H17FN4S/c1-18-8-4-2-3-7-14-12-15-11-6-5-10(13)9-17(11)16-12/h5-6,9H,2-4,7-8H2,1H3,(H,14,16). The van der Waals surface area contributed by atoms with Gasteiger partial charge in [-0.25, -0.2) is 8.91 Å². The van der Waals surface area contributed by atoms with Crippen LogP contribution in [0.1, 0.15) is 19.3 Å². The maximum absolute atomic E-state index is 13.0. The summed E-state index contributed by atoms with van der Waals surface area (Å²) in [5.74, 6) is 1.47. The van der Waals surface area contributed by atoms with Gasteiger partial charge in [0.25, 0.3) is 0 Å². The molecule has 0 aromatic carbocycles. The highest BCUT2D eigenvalue weighted by atomic mass is 32.2. The molecule has 0 atom stereocenters. The highest BCUT2D eigenvalue weighted by molar-refractivity contribution is 7.98. The van der Waals surface area contributed by atoms with Crippen LogP contribution in [-0.2, 0) is 0 Å². The predicted molar refractivity (Wildman–Crippen MR) is 73.7 cm³/mol. The lowest BCUT2D eigenvalue weighted by atomic mass is 10.2. The number of thioether (sulfide) groups is 1. The Bertz CT molecular complexity index is 500. The van der Waals surface area contributed by atoms with Crippen molar-refractivity contribution in [3.8, 4) is 0 Å². The molecule has 1 N–H and O–H groups in total. The average Bonchev–Trinajstić information content (AvgIpc) is 2.75. The van der Waals surface area contributed by atoms with E-state index in [0.29, 0.717) is 11.6 Å². The Hall–Kier alpha value is -1.30. The van der Waals surface area contributed by atoms with E-state index in [1.165, 1.54) is 35.4 Å². The molecule has 18 heavy (non-hydrogen) atoms. The van der Waals surface area contributed by atoms with Gasteiger partial charge in [-0.3, -0.25) is 0 Å². The summed E-state index contributed by atoms with van der Waals surface area (Å²) in [7, 11) is 0. The summed E-state index contributed by atoms with van der Waals surface area (Å²) in [5.41, 5.74) is 0.654. The van der Waals surface area contributed by atoms with Gasteiger partial charge in [0.1, 0.15) is 5.82 Å². The first-order chi connectivity index (χ1) is 8.79. The fourth-order valence-electron chi connectivity index (χ4n) is 1.68.